The highest BCUT2D eigenvalue weighted by Crippen LogP contribution is 2.37. The SMILES string of the molecule is CC(Sc1nnc2c(Cl)cc(C(F)(F)F)cn12)c1ccc(F)cc1. The van der Waals surface area contributed by atoms with E-state index in [1.807, 2.05) is 6.92 Å². The van der Waals surface area contributed by atoms with Gasteiger partial charge in [-0.05, 0) is 30.7 Å². The fraction of sp³-hybridized carbons (Fsp3) is 0.200. The van der Waals surface area contributed by atoms with Gasteiger partial charge in [0, 0.05) is 11.4 Å². The molecule has 0 aliphatic carbocycles. The van der Waals surface area contributed by atoms with Gasteiger partial charge in [-0.3, -0.25) is 4.40 Å². The van der Waals surface area contributed by atoms with E-state index in [1.165, 1.54) is 28.3 Å². The summed E-state index contributed by atoms with van der Waals surface area (Å²) in [5, 5.41) is 7.73. The minimum atomic E-state index is -4.52. The molecular weight excluding hydrogens is 366 g/mol. The van der Waals surface area contributed by atoms with E-state index in [4.69, 9.17) is 11.6 Å². The molecule has 0 N–H and O–H groups in total. The van der Waals surface area contributed by atoms with Crippen LogP contribution in [0.1, 0.15) is 23.3 Å². The van der Waals surface area contributed by atoms with Crippen molar-refractivity contribution >= 4 is 29.0 Å². The van der Waals surface area contributed by atoms with Crippen LogP contribution in [-0.4, -0.2) is 14.6 Å². The predicted molar refractivity (Wildman–Crippen MR) is 83.7 cm³/mol. The van der Waals surface area contributed by atoms with E-state index >= 15 is 0 Å². The Balaban J connectivity index is 1.97. The summed E-state index contributed by atoms with van der Waals surface area (Å²) in [5.41, 5.74) is 0.0887. The fourth-order valence-corrected chi connectivity index (χ4v) is 3.33. The van der Waals surface area contributed by atoms with Crippen LogP contribution in [0, 0.1) is 5.82 Å². The molecule has 0 amide bonds. The highest BCUT2D eigenvalue weighted by Gasteiger charge is 2.32. The lowest BCUT2D eigenvalue weighted by Gasteiger charge is -2.11. The molecule has 3 aromatic rings. The first-order valence-electron chi connectivity index (χ1n) is 6.79. The third-order valence-electron chi connectivity index (χ3n) is 3.38. The molecule has 0 aliphatic rings. The van der Waals surface area contributed by atoms with Crippen LogP contribution in [0.4, 0.5) is 17.6 Å². The summed E-state index contributed by atoms with van der Waals surface area (Å²) in [6.45, 7) is 1.84. The zero-order valence-corrected chi connectivity index (χ0v) is 13.8. The number of thioether (sulfide) groups is 1. The van der Waals surface area contributed by atoms with Crippen LogP contribution in [0.3, 0.4) is 0 Å². The lowest BCUT2D eigenvalue weighted by molar-refractivity contribution is -0.137. The summed E-state index contributed by atoms with van der Waals surface area (Å²) < 4.78 is 53.0. The number of hydrogen-bond acceptors (Lipinski definition) is 3. The van der Waals surface area contributed by atoms with E-state index in [0.29, 0.717) is 0 Å². The van der Waals surface area contributed by atoms with Crippen LogP contribution in [0.5, 0.6) is 0 Å². The van der Waals surface area contributed by atoms with E-state index in [2.05, 4.69) is 10.2 Å². The van der Waals surface area contributed by atoms with Crippen LogP contribution >= 0.6 is 23.4 Å². The van der Waals surface area contributed by atoms with Gasteiger partial charge in [0.05, 0.1) is 10.6 Å². The van der Waals surface area contributed by atoms with Crippen molar-refractivity contribution in [3.05, 3.63) is 58.5 Å². The number of benzene rings is 1. The Hall–Kier alpha value is -1.80. The first kappa shape index (κ1) is 17.0. The summed E-state index contributed by atoms with van der Waals surface area (Å²) in [6.07, 6.45) is -3.60. The summed E-state index contributed by atoms with van der Waals surface area (Å²) in [6, 6.07) is 6.71. The maximum atomic E-state index is 13.0. The number of halogens is 5. The first-order chi connectivity index (χ1) is 11.3. The summed E-state index contributed by atoms with van der Waals surface area (Å²) >= 11 is 7.09. The molecule has 0 saturated carbocycles. The van der Waals surface area contributed by atoms with Crippen LogP contribution < -0.4 is 0 Å². The van der Waals surface area contributed by atoms with Crippen LogP contribution in [0.2, 0.25) is 5.02 Å². The number of fused-ring (bicyclic) bond motifs is 1. The van der Waals surface area contributed by atoms with Crippen molar-refractivity contribution in [2.45, 2.75) is 23.5 Å². The Kier molecular flexibility index (Phi) is 4.44. The second-order valence-corrected chi connectivity index (χ2v) is 6.78. The number of pyridine rings is 1. The molecule has 1 atom stereocenters. The van der Waals surface area contributed by atoms with Crippen molar-refractivity contribution in [3.63, 3.8) is 0 Å². The number of hydrogen-bond donors (Lipinski definition) is 0. The molecule has 1 unspecified atom stereocenters. The monoisotopic (exact) mass is 375 g/mol. The highest BCUT2D eigenvalue weighted by molar-refractivity contribution is 7.99. The Bertz CT molecular complexity index is 877. The maximum Gasteiger partial charge on any atom is 0.417 e. The Morgan fingerprint density at radius 2 is 1.83 bits per heavy atom. The Morgan fingerprint density at radius 3 is 2.46 bits per heavy atom. The molecule has 0 aliphatic heterocycles. The van der Waals surface area contributed by atoms with Gasteiger partial charge in [-0.2, -0.15) is 13.2 Å². The van der Waals surface area contributed by atoms with E-state index in [9.17, 15) is 17.6 Å². The molecule has 0 spiro atoms. The van der Waals surface area contributed by atoms with Crippen LogP contribution in [0.25, 0.3) is 5.65 Å². The van der Waals surface area contributed by atoms with Gasteiger partial charge < -0.3 is 0 Å². The molecule has 0 radical (unpaired) electrons. The van der Waals surface area contributed by atoms with Gasteiger partial charge in [0.2, 0.25) is 0 Å². The molecule has 3 nitrogen and oxygen atoms in total. The van der Waals surface area contributed by atoms with Gasteiger partial charge in [-0.1, -0.05) is 35.5 Å². The van der Waals surface area contributed by atoms with Crippen molar-refractivity contribution in [1.29, 1.82) is 0 Å². The van der Waals surface area contributed by atoms with E-state index in [0.717, 1.165) is 17.8 Å². The number of rotatable bonds is 3. The van der Waals surface area contributed by atoms with E-state index in [-0.39, 0.29) is 26.9 Å². The number of alkyl halides is 3. The molecule has 3 rings (SSSR count). The molecule has 2 aromatic heterocycles. The average molecular weight is 376 g/mol. The first-order valence-corrected chi connectivity index (χ1v) is 8.05. The summed E-state index contributed by atoms with van der Waals surface area (Å²) in [5.74, 6) is -0.356. The van der Waals surface area contributed by atoms with Gasteiger partial charge >= 0.3 is 6.18 Å². The molecule has 2 heterocycles. The lowest BCUT2D eigenvalue weighted by atomic mass is 10.2. The lowest BCUT2D eigenvalue weighted by Crippen LogP contribution is -2.07. The van der Waals surface area contributed by atoms with Gasteiger partial charge in [0.25, 0.3) is 0 Å². The summed E-state index contributed by atoms with van der Waals surface area (Å²) in [4.78, 5) is 0. The molecule has 1 aromatic carbocycles. The third kappa shape index (κ3) is 3.34. The normalized spacial score (nSPS) is 13.4. The largest absolute Gasteiger partial charge is 0.417 e. The van der Waals surface area contributed by atoms with Gasteiger partial charge in [0.15, 0.2) is 10.8 Å². The van der Waals surface area contributed by atoms with Crippen LogP contribution in [0.15, 0.2) is 41.7 Å². The topological polar surface area (TPSA) is 30.2 Å². The molecule has 0 fully saturated rings. The Morgan fingerprint density at radius 1 is 1.17 bits per heavy atom. The van der Waals surface area contributed by atoms with Crippen molar-refractivity contribution < 1.29 is 17.6 Å². The molecule has 0 saturated heterocycles. The molecule has 9 heteroatoms. The predicted octanol–water partition coefficient (Wildman–Crippen LogP) is 5.39. The van der Waals surface area contributed by atoms with Gasteiger partial charge in [-0.25, -0.2) is 4.39 Å². The smallest absolute Gasteiger partial charge is 0.276 e. The zero-order chi connectivity index (χ0) is 17.5. The zero-order valence-electron chi connectivity index (χ0n) is 12.2. The number of nitrogens with zero attached hydrogens (tertiary/aromatic N) is 3. The van der Waals surface area contributed by atoms with Crippen molar-refractivity contribution in [2.75, 3.05) is 0 Å². The standard InChI is InChI=1S/C15H10ClF4N3S/c1-8(9-2-4-11(17)5-3-9)24-14-22-21-13-12(16)6-10(7-23(13)14)15(18,19)20/h2-8H,1H3. The molecule has 24 heavy (non-hydrogen) atoms. The van der Waals surface area contributed by atoms with Gasteiger partial charge in [-0.15, -0.1) is 10.2 Å². The highest BCUT2D eigenvalue weighted by atomic mass is 35.5. The van der Waals surface area contributed by atoms with Crippen LogP contribution in [-0.2, 0) is 6.18 Å². The van der Waals surface area contributed by atoms with Crippen molar-refractivity contribution in [3.8, 4) is 0 Å². The minimum absolute atomic E-state index is 0.126. The second-order valence-electron chi connectivity index (χ2n) is 5.06. The second kappa shape index (κ2) is 6.25. The third-order valence-corrected chi connectivity index (χ3v) is 4.77. The fourth-order valence-electron chi connectivity index (χ4n) is 2.13. The quantitative estimate of drug-likeness (QED) is 0.454. The van der Waals surface area contributed by atoms with E-state index in [1.54, 1.807) is 12.1 Å². The van der Waals surface area contributed by atoms with Crippen molar-refractivity contribution in [2.24, 2.45) is 0 Å². The number of aromatic nitrogens is 3. The average Bonchev–Trinajstić information content (AvgIpc) is 2.90. The summed E-state index contributed by atoms with van der Waals surface area (Å²) in [7, 11) is 0. The molecule has 0 bridgehead atoms. The van der Waals surface area contributed by atoms with Gasteiger partial charge in [0.1, 0.15) is 5.82 Å². The van der Waals surface area contributed by atoms with Crippen molar-refractivity contribution in [1.82, 2.24) is 14.6 Å². The molecular formula is C15H10ClF4N3S. The minimum Gasteiger partial charge on any atom is -0.276 e. The van der Waals surface area contributed by atoms with E-state index < -0.39 is 11.7 Å². The Labute approximate surface area is 143 Å². The maximum absolute atomic E-state index is 13.0. The molecule has 126 valence electrons.